The molecule has 0 saturated carbocycles. The van der Waals surface area contributed by atoms with Crippen LogP contribution in [0.5, 0.6) is 0 Å². The number of amides is 1. The fourth-order valence-electron chi connectivity index (χ4n) is 2.98. The third kappa shape index (κ3) is 6.60. The van der Waals surface area contributed by atoms with Crippen LogP contribution in [-0.2, 0) is 13.1 Å². The van der Waals surface area contributed by atoms with Gasteiger partial charge in [0, 0.05) is 39.5 Å². The molecule has 3 aromatic rings. The van der Waals surface area contributed by atoms with E-state index in [0.717, 1.165) is 34.8 Å². The van der Waals surface area contributed by atoms with Crippen LogP contribution < -0.4 is 10.6 Å². The molecule has 0 fully saturated rings. The first kappa shape index (κ1) is 22.9. The SMILES string of the molecule is CCCn1cc(CN=C(NC(=O)c2cccc(Cl)c2)Nc2cccc(SC)c2)c(C)n1. The van der Waals surface area contributed by atoms with Crippen LogP contribution in [0.25, 0.3) is 0 Å². The van der Waals surface area contributed by atoms with Crippen molar-refractivity contribution in [2.45, 2.75) is 38.3 Å². The predicted octanol–water partition coefficient (Wildman–Crippen LogP) is 5.37. The number of nitrogens with zero attached hydrogens (tertiary/aromatic N) is 3. The first-order valence-electron chi connectivity index (χ1n) is 10.0. The third-order valence-corrected chi connectivity index (χ3v) is 5.52. The molecule has 0 aliphatic carbocycles. The van der Waals surface area contributed by atoms with Crippen molar-refractivity contribution in [1.29, 1.82) is 0 Å². The van der Waals surface area contributed by atoms with Crippen molar-refractivity contribution >= 4 is 40.9 Å². The van der Waals surface area contributed by atoms with Crippen molar-refractivity contribution in [1.82, 2.24) is 15.1 Å². The minimum atomic E-state index is -0.284. The molecule has 1 aromatic heterocycles. The number of anilines is 1. The smallest absolute Gasteiger partial charge is 0.258 e. The molecule has 0 bridgehead atoms. The second-order valence-corrected chi connectivity index (χ2v) is 8.31. The highest BCUT2D eigenvalue weighted by Gasteiger charge is 2.11. The van der Waals surface area contributed by atoms with E-state index >= 15 is 0 Å². The fraction of sp³-hybridized carbons (Fsp3) is 0.261. The monoisotopic (exact) mass is 455 g/mol. The first-order valence-corrected chi connectivity index (χ1v) is 11.6. The summed E-state index contributed by atoms with van der Waals surface area (Å²) >= 11 is 7.69. The molecular weight excluding hydrogens is 430 g/mol. The minimum Gasteiger partial charge on any atom is -0.326 e. The van der Waals surface area contributed by atoms with Gasteiger partial charge in [-0.05, 0) is 56.0 Å². The van der Waals surface area contributed by atoms with Gasteiger partial charge in [-0.2, -0.15) is 5.10 Å². The average molecular weight is 456 g/mol. The lowest BCUT2D eigenvalue weighted by molar-refractivity contribution is 0.0977. The maximum absolute atomic E-state index is 12.8. The largest absolute Gasteiger partial charge is 0.326 e. The van der Waals surface area contributed by atoms with Crippen molar-refractivity contribution in [3.05, 3.63) is 76.6 Å². The van der Waals surface area contributed by atoms with Gasteiger partial charge in [0.2, 0.25) is 5.96 Å². The van der Waals surface area contributed by atoms with E-state index in [1.54, 1.807) is 36.0 Å². The van der Waals surface area contributed by atoms with Gasteiger partial charge < -0.3 is 5.32 Å². The number of carbonyl (C=O) groups is 1. The molecule has 31 heavy (non-hydrogen) atoms. The summed E-state index contributed by atoms with van der Waals surface area (Å²) < 4.78 is 1.93. The van der Waals surface area contributed by atoms with Gasteiger partial charge in [0.15, 0.2) is 0 Å². The number of aromatic nitrogens is 2. The fourth-order valence-corrected chi connectivity index (χ4v) is 3.63. The lowest BCUT2D eigenvalue weighted by atomic mass is 10.2. The van der Waals surface area contributed by atoms with Crippen molar-refractivity contribution in [2.75, 3.05) is 11.6 Å². The Hall–Kier alpha value is -2.77. The number of carbonyl (C=O) groups excluding carboxylic acids is 1. The Kier molecular flexibility index (Phi) is 8.14. The lowest BCUT2D eigenvalue weighted by Crippen LogP contribution is -2.36. The van der Waals surface area contributed by atoms with Crippen LogP contribution in [0.15, 0.2) is 64.6 Å². The van der Waals surface area contributed by atoms with Crippen LogP contribution in [-0.4, -0.2) is 27.9 Å². The van der Waals surface area contributed by atoms with Gasteiger partial charge in [0.25, 0.3) is 5.91 Å². The summed E-state index contributed by atoms with van der Waals surface area (Å²) in [7, 11) is 0. The predicted molar refractivity (Wildman–Crippen MR) is 129 cm³/mol. The molecule has 2 N–H and O–H groups in total. The molecule has 1 amide bonds. The molecule has 0 radical (unpaired) electrons. The highest BCUT2D eigenvalue weighted by molar-refractivity contribution is 7.98. The van der Waals surface area contributed by atoms with Gasteiger partial charge in [0.05, 0.1) is 12.2 Å². The molecule has 162 valence electrons. The zero-order valence-electron chi connectivity index (χ0n) is 17.9. The van der Waals surface area contributed by atoms with E-state index in [2.05, 4.69) is 27.6 Å². The molecular formula is C23H26ClN5OS. The van der Waals surface area contributed by atoms with Crippen LogP contribution in [0.4, 0.5) is 5.69 Å². The molecule has 2 aromatic carbocycles. The van der Waals surface area contributed by atoms with E-state index in [0.29, 0.717) is 23.1 Å². The molecule has 0 saturated heterocycles. The number of guanidine groups is 1. The maximum Gasteiger partial charge on any atom is 0.258 e. The first-order chi connectivity index (χ1) is 15.0. The highest BCUT2D eigenvalue weighted by Crippen LogP contribution is 2.19. The Morgan fingerprint density at radius 3 is 2.77 bits per heavy atom. The Morgan fingerprint density at radius 1 is 1.23 bits per heavy atom. The number of nitrogens with one attached hydrogen (secondary N) is 2. The Bertz CT molecular complexity index is 1080. The Morgan fingerprint density at radius 2 is 2.03 bits per heavy atom. The Balaban J connectivity index is 1.83. The Labute approximate surface area is 192 Å². The second kappa shape index (κ2) is 11.0. The molecule has 8 heteroatoms. The number of thioether (sulfide) groups is 1. The van der Waals surface area contributed by atoms with Crippen LogP contribution >= 0.6 is 23.4 Å². The van der Waals surface area contributed by atoms with E-state index in [1.807, 2.05) is 48.3 Å². The van der Waals surface area contributed by atoms with Crippen LogP contribution in [0.3, 0.4) is 0 Å². The van der Waals surface area contributed by atoms with Gasteiger partial charge in [0.1, 0.15) is 0 Å². The maximum atomic E-state index is 12.8. The number of aliphatic imine (C=N–C) groups is 1. The number of hydrogen-bond acceptors (Lipinski definition) is 4. The average Bonchev–Trinajstić information content (AvgIpc) is 3.11. The molecule has 1 heterocycles. The van der Waals surface area contributed by atoms with E-state index in [9.17, 15) is 4.79 Å². The summed E-state index contributed by atoms with van der Waals surface area (Å²) in [5, 5.41) is 11.1. The number of aryl methyl sites for hydroxylation is 2. The van der Waals surface area contributed by atoms with Crippen molar-refractivity contribution in [3.8, 4) is 0 Å². The van der Waals surface area contributed by atoms with Crippen LogP contribution in [0.1, 0.15) is 35.0 Å². The summed E-state index contributed by atoms with van der Waals surface area (Å²) in [5.41, 5.74) is 3.26. The van der Waals surface area contributed by atoms with Crippen LogP contribution in [0.2, 0.25) is 5.02 Å². The zero-order valence-corrected chi connectivity index (χ0v) is 19.4. The zero-order chi connectivity index (χ0) is 22.2. The van der Waals surface area contributed by atoms with Gasteiger partial charge in [-0.3, -0.25) is 14.8 Å². The minimum absolute atomic E-state index is 0.284. The normalized spacial score (nSPS) is 11.4. The summed E-state index contributed by atoms with van der Waals surface area (Å²) in [4.78, 5) is 18.5. The summed E-state index contributed by atoms with van der Waals surface area (Å²) in [5.74, 6) is 0.0824. The van der Waals surface area contributed by atoms with E-state index < -0.39 is 0 Å². The van der Waals surface area contributed by atoms with Crippen molar-refractivity contribution < 1.29 is 4.79 Å². The standard InChI is InChI=1S/C23H26ClN5OS/c1-4-11-29-15-18(16(2)28-29)14-25-23(26-20-9-6-10-21(13-20)31-3)27-22(30)17-7-5-8-19(24)12-17/h5-10,12-13,15H,4,11,14H2,1-3H3,(H2,25,26,27,30). The summed E-state index contributed by atoms with van der Waals surface area (Å²) in [6, 6.07) is 14.8. The topological polar surface area (TPSA) is 71.3 Å². The molecule has 0 aliphatic rings. The second-order valence-electron chi connectivity index (χ2n) is 6.99. The van der Waals surface area contributed by atoms with Gasteiger partial charge >= 0.3 is 0 Å². The van der Waals surface area contributed by atoms with Gasteiger partial charge in [-0.1, -0.05) is 30.7 Å². The number of rotatable bonds is 7. The lowest BCUT2D eigenvalue weighted by Gasteiger charge is -2.13. The molecule has 0 spiro atoms. The van der Waals surface area contributed by atoms with E-state index in [-0.39, 0.29) is 5.91 Å². The molecule has 0 aliphatic heterocycles. The molecule has 6 nitrogen and oxygen atoms in total. The summed E-state index contributed by atoms with van der Waals surface area (Å²) in [6.07, 6.45) is 5.04. The van der Waals surface area contributed by atoms with E-state index in [4.69, 9.17) is 11.6 Å². The van der Waals surface area contributed by atoms with Gasteiger partial charge in [-0.15, -0.1) is 11.8 Å². The van der Waals surface area contributed by atoms with E-state index in [1.165, 1.54) is 0 Å². The quantitative estimate of drug-likeness (QED) is 0.285. The summed E-state index contributed by atoms with van der Waals surface area (Å²) in [6.45, 7) is 5.35. The van der Waals surface area contributed by atoms with Gasteiger partial charge in [-0.25, -0.2) is 4.99 Å². The number of benzene rings is 2. The van der Waals surface area contributed by atoms with Crippen molar-refractivity contribution in [2.24, 2.45) is 4.99 Å². The van der Waals surface area contributed by atoms with Crippen molar-refractivity contribution in [3.63, 3.8) is 0 Å². The van der Waals surface area contributed by atoms with Crippen LogP contribution in [0, 0.1) is 6.92 Å². The molecule has 3 rings (SSSR count). The number of hydrogen-bond donors (Lipinski definition) is 2. The third-order valence-electron chi connectivity index (χ3n) is 4.56. The number of halogens is 1. The highest BCUT2D eigenvalue weighted by atomic mass is 35.5. The molecule has 0 unspecified atom stereocenters. The molecule has 0 atom stereocenters.